The Hall–Kier alpha value is -5.22. The Morgan fingerprint density at radius 3 is 1.23 bits per heavy atom. The highest BCUT2D eigenvalue weighted by atomic mass is 19.2. The minimum atomic E-state index is -2.58. The van der Waals surface area contributed by atoms with Gasteiger partial charge in [0, 0.05) is 13.8 Å². The molecule has 2 aliphatic carbocycles. The number of rotatable bonds is 6. The van der Waals surface area contributed by atoms with E-state index in [0.717, 1.165) is 0 Å². The average molecular weight is 574 g/mol. The monoisotopic (exact) mass is 574 g/mol. The van der Waals surface area contributed by atoms with E-state index in [1.807, 2.05) is 0 Å². The lowest BCUT2D eigenvalue weighted by Crippen LogP contribution is -2.12. The summed E-state index contributed by atoms with van der Waals surface area (Å²) in [7, 11) is 0. The maximum atomic E-state index is 14.6. The van der Waals surface area contributed by atoms with Crippen molar-refractivity contribution in [2.24, 2.45) is 0 Å². The smallest absolute Gasteiger partial charge is 0.353 e. The van der Waals surface area contributed by atoms with E-state index >= 15 is 0 Å². The normalized spacial score (nSPS) is 12.7. The van der Waals surface area contributed by atoms with Crippen LogP contribution in [-0.2, 0) is 9.59 Å². The van der Waals surface area contributed by atoms with Crippen molar-refractivity contribution in [3.8, 4) is 23.0 Å². The molecule has 2 aliphatic rings. The minimum Gasteiger partial charge on any atom is -0.444 e. The molecule has 0 unspecified atom stereocenters. The van der Waals surface area contributed by atoms with E-state index < -0.39 is 91.1 Å². The molecule has 0 spiro atoms. The highest BCUT2D eigenvalue weighted by Gasteiger charge is 2.40. The van der Waals surface area contributed by atoms with Gasteiger partial charge in [0.05, 0.1) is 9.85 Å². The van der Waals surface area contributed by atoms with Gasteiger partial charge >= 0.3 is 23.3 Å². The Morgan fingerprint density at radius 1 is 0.650 bits per heavy atom. The number of hydrogen-bond acceptors (Lipinski definition) is 9. The molecule has 0 N–H and O–H groups in total. The van der Waals surface area contributed by atoms with Crippen LogP contribution in [0.5, 0.6) is 23.0 Å². The number of hydrogen-bond donors (Lipinski definition) is 0. The van der Waals surface area contributed by atoms with Crippen LogP contribution in [0, 0.1) is 55.1 Å². The summed E-state index contributed by atoms with van der Waals surface area (Å²) in [6.45, 7) is 1.14. The first kappa shape index (κ1) is 29.3. The molecule has 2 bridgehead atoms. The SMILES string of the molecule is C1=CC2=CC=C1C2.CC(=O)Oc1c(F)c(Oc2c(F)c(F)c([N+](=O)[O-])c(OC(C)=O)c2F)c(F)c(F)c1[N+](=O)[O-]. The number of allylic oxidation sites excluding steroid dienone is 6. The largest absolute Gasteiger partial charge is 0.444 e. The van der Waals surface area contributed by atoms with Gasteiger partial charge in [0.15, 0.2) is 0 Å². The third-order valence-electron chi connectivity index (χ3n) is 4.92. The third kappa shape index (κ3) is 5.62. The summed E-state index contributed by atoms with van der Waals surface area (Å²) >= 11 is 0. The number of nitro benzene ring substituents is 2. The van der Waals surface area contributed by atoms with Crippen molar-refractivity contribution < 1.29 is 60.0 Å². The number of nitrogens with zero attached hydrogens (tertiary/aromatic N) is 2. The number of nitro groups is 2. The lowest BCUT2D eigenvalue weighted by atomic mass is 10.2. The lowest BCUT2D eigenvalue weighted by Gasteiger charge is -2.14. The number of ether oxygens (including phenoxy) is 3. The molecule has 0 aromatic heterocycles. The molecule has 2 aromatic carbocycles. The first-order chi connectivity index (χ1) is 18.6. The van der Waals surface area contributed by atoms with Gasteiger partial charge in [0.1, 0.15) is 0 Å². The number of benzene rings is 2. The fourth-order valence-electron chi connectivity index (χ4n) is 3.31. The molecule has 11 nitrogen and oxygen atoms in total. The Balaban J connectivity index is 0.000000535. The van der Waals surface area contributed by atoms with Crippen LogP contribution in [0.2, 0.25) is 0 Å². The molecule has 2 aromatic rings. The van der Waals surface area contributed by atoms with Crippen LogP contribution >= 0.6 is 0 Å². The quantitative estimate of drug-likeness (QED) is 0.104. The molecular formula is C23H12F6N2O9. The molecule has 17 heteroatoms. The zero-order chi connectivity index (χ0) is 30.0. The van der Waals surface area contributed by atoms with Crippen LogP contribution in [0.15, 0.2) is 35.5 Å². The van der Waals surface area contributed by atoms with E-state index in [4.69, 9.17) is 0 Å². The van der Waals surface area contributed by atoms with Gasteiger partial charge in [0.2, 0.25) is 46.4 Å². The predicted octanol–water partition coefficient (Wildman–Crippen LogP) is 5.79. The first-order valence-electron chi connectivity index (χ1n) is 10.5. The minimum absolute atomic E-state index is 0.571. The summed E-state index contributed by atoms with van der Waals surface area (Å²) in [6, 6.07) is 0. The van der Waals surface area contributed by atoms with Gasteiger partial charge in [-0.3, -0.25) is 29.8 Å². The van der Waals surface area contributed by atoms with Gasteiger partial charge in [-0.2, -0.15) is 26.3 Å². The van der Waals surface area contributed by atoms with Crippen LogP contribution in [0.25, 0.3) is 0 Å². The molecule has 0 saturated carbocycles. The highest BCUT2D eigenvalue weighted by molar-refractivity contribution is 5.73. The molecule has 0 amide bonds. The van der Waals surface area contributed by atoms with Crippen molar-refractivity contribution in [1.29, 1.82) is 0 Å². The maximum absolute atomic E-state index is 14.6. The van der Waals surface area contributed by atoms with E-state index in [2.05, 4.69) is 38.5 Å². The van der Waals surface area contributed by atoms with Crippen molar-refractivity contribution in [3.05, 3.63) is 90.6 Å². The van der Waals surface area contributed by atoms with Crippen molar-refractivity contribution in [2.45, 2.75) is 20.3 Å². The van der Waals surface area contributed by atoms with Gasteiger partial charge in [0.25, 0.3) is 11.5 Å². The summed E-state index contributed by atoms with van der Waals surface area (Å²) in [5, 5.41) is 21.8. The molecular weight excluding hydrogens is 562 g/mol. The van der Waals surface area contributed by atoms with Crippen LogP contribution in [0.4, 0.5) is 37.7 Å². The van der Waals surface area contributed by atoms with Gasteiger partial charge in [-0.25, -0.2) is 0 Å². The van der Waals surface area contributed by atoms with Gasteiger partial charge in [-0.15, -0.1) is 0 Å². The van der Waals surface area contributed by atoms with Gasteiger partial charge < -0.3 is 14.2 Å². The van der Waals surface area contributed by atoms with E-state index in [-0.39, 0.29) is 0 Å². The van der Waals surface area contributed by atoms with E-state index in [1.54, 1.807) is 0 Å². The van der Waals surface area contributed by atoms with Crippen LogP contribution in [-0.4, -0.2) is 21.8 Å². The number of halogens is 6. The molecule has 0 saturated heterocycles. The number of esters is 2. The zero-order valence-corrected chi connectivity index (χ0v) is 19.9. The van der Waals surface area contributed by atoms with Crippen molar-refractivity contribution in [1.82, 2.24) is 0 Å². The zero-order valence-electron chi connectivity index (χ0n) is 19.9. The second-order valence-electron chi connectivity index (χ2n) is 7.69. The third-order valence-corrected chi connectivity index (χ3v) is 4.92. The van der Waals surface area contributed by atoms with E-state index in [1.165, 1.54) is 17.6 Å². The summed E-state index contributed by atoms with van der Waals surface area (Å²) in [5.41, 5.74) is -1.14. The highest BCUT2D eigenvalue weighted by Crippen LogP contribution is 2.46. The predicted molar refractivity (Wildman–Crippen MR) is 119 cm³/mol. The van der Waals surface area contributed by atoms with E-state index in [0.29, 0.717) is 13.8 Å². The van der Waals surface area contributed by atoms with Crippen molar-refractivity contribution in [2.75, 3.05) is 0 Å². The topological polar surface area (TPSA) is 148 Å². The Bertz CT molecular complexity index is 1470. The second kappa shape index (κ2) is 11.3. The van der Waals surface area contributed by atoms with Crippen LogP contribution in [0.3, 0.4) is 0 Å². The summed E-state index contributed by atoms with van der Waals surface area (Å²) in [4.78, 5) is 40.6. The van der Waals surface area contributed by atoms with Crippen molar-refractivity contribution >= 4 is 23.3 Å². The first-order valence-corrected chi connectivity index (χ1v) is 10.5. The van der Waals surface area contributed by atoms with Gasteiger partial charge in [-0.05, 0) is 17.6 Å². The van der Waals surface area contributed by atoms with Crippen LogP contribution in [0.1, 0.15) is 20.3 Å². The molecule has 0 fully saturated rings. The number of carbonyl (C=O) groups excluding carboxylic acids is 2. The number of fused-ring (bicyclic) bond motifs is 2. The molecule has 0 atom stereocenters. The Labute approximate surface area is 217 Å². The maximum Gasteiger partial charge on any atom is 0.353 e. The summed E-state index contributed by atoms with van der Waals surface area (Å²) in [6.07, 6.45) is 9.90. The lowest BCUT2D eigenvalue weighted by molar-refractivity contribution is -0.388. The Morgan fingerprint density at radius 2 is 1.00 bits per heavy atom. The van der Waals surface area contributed by atoms with Gasteiger partial charge in [-0.1, -0.05) is 24.3 Å². The standard InChI is InChI=1S/C16H6F6N2O9.C7H6/c1-3(25)31-15-9(21)13(7(19)5(17)11(15)23(27)28)33-14-8(20)6(18)12(24(29)30)16(10(14)22)32-4(2)26;1-2-7-4-3-6(1)5-7/h1-2H3;1-4H,5H2. The summed E-state index contributed by atoms with van der Waals surface area (Å²) < 4.78 is 98.4. The molecule has 4 rings (SSSR count). The second-order valence-corrected chi connectivity index (χ2v) is 7.69. The van der Waals surface area contributed by atoms with Crippen molar-refractivity contribution in [3.63, 3.8) is 0 Å². The average Bonchev–Trinajstić information content (AvgIpc) is 3.51. The molecule has 0 aliphatic heterocycles. The van der Waals surface area contributed by atoms with E-state index in [9.17, 15) is 56.2 Å². The Kier molecular flexibility index (Phi) is 8.26. The molecule has 0 radical (unpaired) electrons. The van der Waals surface area contributed by atoms with Crippen LogP contribution < -0.4 is 14.2 Å². The fraction of sp³-hybridized carbons (Fsp3) is 0.130. The number of carbonyl (C=O) groups is 2. The fourth-order valence-corrected chi connectivity index (χ4v) is 3.31. The summed E-state index contributed by atoms with van der Waals surface area (Å²) in [5.74, 6) is -26.0. The molecule has 210 valence electrons. The molecule has 40 heavy (non-hydrogen) atoms. The molecule has 0 heterocycles.